The lowest BCUT2D eigenvalue weighted by Gasteiger charge is -2.09. The standard InChI is InChI=1S/C22H18ClN5O/c1-15-2-4-16(5-3-15)14-25-22(29)20-21(17-10-12-24-13-11-17)28(27-26-20)19-8-6-18(23)7-9-19/h2-13H,14H2,1H3,(H,25,29). The molecule has 0 bridgehead atoms. The van der Waals surface area contributed by atoms with Crippen molar-refractivity contribution in [1.82, 2.24) is 25.3 Å². The molecular weight excluding hydrogens is 386 g/mol. The van der Waals surface area contributed by atoms with E-state index in [4.69, 9.17) is 11.6 Å². The summed E-state index contributed by atoms with van der Waals surface area (Å²) in [7, 11) is 0. The van der Waals surface area contributed by atoms with Crippen molar-refractivity contribution in [2.24, 2.45) is 0 Å². The first kappa shape index (κ1) is 18.8. The predicted octanol–water partition coefficient (Wildman–Crippen LogP) is 4.22. The number of amides is 1. The number of nitrogens with zero attached hydrogens (tertiary/aromatic N) is 4. The molecule has 0 saturated heterocycles. The average Bonchev–Trinajstić information content (AvgIpc) is 3.19. The Labute approximate surface area is 173 Å². The Hall–Kier alpha value is -3.51. The van der Waals surface area contributed by atoms with E-state index in [2.05, 4.69) is 20.6 Å². The Morgan fingerprint density at radius 2 is 1.69 bits per heavy atom. The van der Waals surface area contributed by atoms with Crippen molar-refractivity contribution in [3.8, 4) is 16.9 Å². The maximum Gasteiger partial charge on any atom is 0.274 e. The molecule has 0 unspecified atom stereocenters. The molecule has 2 aromatic heterocycles. The average molecular weight is 404 g/mol. The second-order valence-corrected chi connectivity index (χ2v) is 7.02. The molecule has 0 radical (unpaired) electrons. The van der Waals surface area contributed by atoms with E-state index in [0.717, 1.165) is 16.8 Å². The largest absolute Gasteiger partial charge is 0.346 e. The van der Waals surface area contributed by atoms with E-state index >= 15 is 0 Å². The van der Waals surface area contributed by atoms with Gasteiger partial charge in [-0.05, 0) is 48.9 Å². The Kier molecular flexibility index (Phi) is 5.35. The van der Waals surface area contributed by atoms with Crippen molar-refractivity contribution >= 4 is 17.5 Å². The number of carbonyl (C=O) groups excluding carboxylic acids is 1. The van der Waals surface area contributed by atoms with E-state index in [9.17, 15) is 4.79 Å². The van der Waals surface area contributed by atoms with E-state index in [-0.39, 0.29) is 11.6 Å². The molecule has 4 rings (SSSR count). The van der Waals surface area contributed by atoms with Crippen molar-refractivity contribution in [2.75, 3.05) is 0 Å². The summed E-state index contributed by atoms with van der Waals surface area (Å²) in [5.41, 5.74) is 4.58. The van der Waals surface area contributed by atoms with Gasteiger partial charge in [-0.2, -0.15) is 0 Å². The monoisotopic (exact) mass is 403 g/mol. The van der Waals surface area contributed by atoms with Crippen LogP contribution in [0.5, 0.6) is 0 Å². The van der Waals surface area contributed by atoms with Crippen LogP contribution in [0.1, 0.15) is 21.6 Å². The second-order valence-electron chi connectivity index (χ2n) is 6.58. The Morgan fingerprint density at radius 1 is 1.00 bits per heavy atom. The van der Waals surface area contributed by atoms with Gasteiger partial charge in [-0.3, -0.25) is 9.78 Å². The highest BCUT2D eigenvalue weighted by atomic mass is 35.5. The van der Waals surface area contributed by atoms with Crippen LogP contribution in [0.4, 0.5) is 0 Å². The number of hydrogen-bond acceptors (Lipinski definition) is 4. The fourth-order valence-electron chi connectivity index (χ4n) is 2.94. The molecule has 1 amide bonds. The van der Waals surface area contributed by atoms with Crippen LogP contribution >= 0.6 is 11.6 Å². The summed E-state index contributed by atoms with van der Waals surface area (Å²) in [6, 6.07) is 18.8. The molecule has 2 aromatic carbocycles. The van der Waals surface area contributed by atoms with Gasteiger partial charge < -0.3 is 5.32 Å². The van der Waals surface area contributed by atoms with Crippen LogP contribution in [0.25, 0.3) is 16.9 Å². The lowest BCUT2D eigenvalue weighted by Crippen LogP contribution is -2.24. The molecule has 6 nitrogen and oxygen atoms in total. The molecule has 0 fully saturated rings. The van der Waals surface area contributed by atoms with E-state index in [1.165, 1.54) is 5.56 Å². The van der Waals surface area contributed by atoms with Crippen molar-refractivity contribution < 1.29 is 4.79 Å². The van der Waals surface area contributed by atoms with Crippen molar-refractivity contribution in [1.29, 1.82) is 0 Å². The first-order valence-electron chi connectivity index (χ1n) is 9.07. The van der Waals surface area contributed by atoms with Crippen LogP contribution in [0.15, 0.2) is 73.1 Å². The number of halogens is 1. The zero-order chi connectivity index (χ0) is 20.2. The van der Waals surface area contributed by atoms with Crippen LogP contribution in [-0.2, 0) is 6.54 Å². The molecule has 0 saturated carbocycles. The van der Waals surface area contributed by atoms with Gasteiger partial charge in [-0.15, -0.1) is 5.10 Å². The molecule has 0 atom stereocenters. The molecule has 4 aromatic rings. The molecule has 7 heteroatoms. The number of hydrogen-bond donors (Lipinski definition) is 1. The van der Waals surface area contributed by atoms with E-state index in [0.29, 0.717) is 17.3 Å². The van der Waals surface area contributed by atoms with Gasteiger partial charge in [-0.25, -0.2) is 4.68 Å². The Bertz CT molecular complexity index is 1120. The third-order valence-electron chi connectivity index (χ3n) is 4.48. The predicted molar refractivity (Wildman–Crippen MR) is 112 cm³/mol. The highest BCUT2D eigenvalue weighted by Gasteiger charge is 2.22. The van der Waals surface area contributed by atoms with Gasteiger partial charge in [0.05, 0.1) is 5.69 Å². The number of rotatable bonds is 5. The van der Waals surface area contributed by atoms with Crippen LogP contribution in [-0.4, -0.2) is 25.9 Å². The number of carbonyl (C=O) groups is 1. The molecule has 0 aliphatic rings. The van der Waals surface area contributed by atoms with E-state index < -0.39 is 0 Å². The summed E-state index contributed by atoms with van der Waals surface area (Å²) in [4.78, 5) is 17.0. The topological polar surface area (TPSA) is 72.7 Å². The summed E-state index contributed by atoms with van der Waals surface area (Å²) in [5.74, 6) is -0.294. The van der Waals surface area contributed by atoms with Crippen LogP contribution < -0.4 is 5.32 Å². The van der Waals surface area contributed by atoms with Crippen LogP contribution in [0, 0.1) is 6.92 Å². The summed E-state index contributed by atoms with van der Waals surface area (Å²) in [5, 5.41) is 11.9. The molecular formula is C22H18ClN5O. The second kappa shape index (κ2) is 8.24. The normalized spacial score (nSPS) is 10.7. The number of aromatic nitrogens is 4. The third-order valence-corrected chi connectivity index (χ3v) is 4.74. The molecule has 144 valence electrons. The molecule has 0 spiro atoms. The van der Waals surface area contributed by atoms with Gasteiger partial charge in [-0.1, -0.05) is 46.6 Å². The highest BCUT2D eigenvalue weighted by molar-refractivity contribution is 6.30. The molecule has 2 heterocycles. The van der Waals surface area contributed by atoms with Gasteiger partial charge in [0, 0.05) is 29.5 Å². The maximum absolute atomic E-state index is 12.9. The summed E-state index contributed by atoms with van der Waals surface area (Å²) in [6.07, 6.45) is 3.34. The van der Waals surface area contributed by atoms with Gasteiger partial charge in [0.2, 0.25) is 0 Å². The number of pyridine rings is 1. The minimum absolute atomic E-state index is 0.248. The molecule has 1 N–H and O–H groups in total. The zero-order valence-electron chi connectivity index (χ0n) is 15.7. The quantitative estimate of drug-likeness (QED) is 0.541. The summed E-state index contributed by atoms with van der Waals surface area (Å²) in [6.45, 7) is 2.43. The van der Waals surface area contributed by atoms with Crippen molar-refractivity contribution in [3.63, 3.8) is 0 Å². The lowest BCUT2D eigenvalue weighted by atomic mass is 10.1. The summed E-state index contributed by atoms with van der Waals surface area (Å²) < 4.78 is 1.63. The first-order valence-corrected chi connectivity index (χ1v) is 9.45. The number of nitrogens with one attached hydrogen (secondary N) is 1. The highest BCUT2D eigenvalue weighted by Crippen LogP contribution is 2.25. The Balaban J connectivity index is 1.68. The SMILES string of the molecule is Cc1ccc(CNC(=O)c2nnn(-c3ccc(Cl)cc3)c2-c2ccncc2)cc1. The van der Waals surface area contributed by atoms with Gasteiger partial charge in [0.15, 0.2) is 5.69 Å². The van der Waals surface area contributed by atoms with Gasteiger partial charge in [0.25, 0.3) is 5.91 Å². The molecule has 0 aliphatic heterocycles. The third kappa shape index (κ3) is 4.17. The fourth-order valence-corrected chi connectivity index (χ4v) is 3.06. The number of aryl methyl sites for hydroxylation is 1. The van der Waals surface area contributed by atoms with Gasteiger partial charge >= 0.3 is 0 Å². The van der Waals surface area contributed by atoms with Gasteiger partial charge in [0.1, 0.15) is 5.69 Å². The van der Waals surface area contributed by atoms with Crippen molar-refractivity contribution in [3.05, 3.63) is 94.9 Å². The minimum atomic E-state index is -0.294. The maximum atomic E-state index is 12.9. The summed E-state index contributed by atoms with van der Waals surface area (Å²) >= 11 is 6.00. The van der Waals surface area contributed by atoms with Crippen LogP contribution in [0.3, 0.4) is 0 Å². The van der Waals surface area contributed by atoms with E-state index in [1.807, 2.05) is 55.5 Å². The first-order chi connectivity index (χ1) is 14.1. The fraction of sp³-hybridized carbons (Fsp3) is 0.0909. The minimum Gasteiger partial charge on any atom is -0.346 e. The van der Waals surface area contributed by atoms with Crippen LogP contribution in [0.2, 0.25) is 5.02 Å². The molecule has 0 aliphatic carbocycles. The smallest absolute Gasteiger partial charge is 0.274 e. The Morgan fingerprint density at radius 3 is 2.38 bits per heavy atom. The number of benzene rings is 2. The van der Waals surface area contributed by atoms with Crippen molar-refractivity contribution in [2.45, 2.75) is 13.5 Å². The lowest BCUT2D eigenvalue weighted by molar-refractivity contribution is 0.0946. The molecule has 29 heavy (non-hydrogen) atoms. The van der Waals surface area contributed by atoms with E-state index in [1.54, 1.807) is 29.2 Å². The zero-order valence-corrected chi connectivity index (χ0v) is 16.5.